The molecule has 1 fully saturated rings. The number of aliphatic carboxylic acids is 1. The molecule has 1 amide bonds. The normalized spacial score (nSPS) is 24.9. The molecule has 0 saturated carbocycles. The largest absolute Gasteiger partial charge is 0.481 e. The van der Waals surface area contributed by atoms with Gasteiger partial charge in [-0.15, -0.1) is 0 Å². The van der Waals surface area contributed by atoms with E-state index in [9.17, 15) is 9.59 Å². The minimum Gasteiger partial charge on any atom is -0.481 e. The van der Waals surface area contributed by atoms with E-state index in [0.717, 1.165) is 17.7 Å². The molecule has 0 aliphatic carbocycles. The number of carbonyl (C=O) groups is 2. The number of rotatable bonds is 2. The second-order valence-electron chi connectivity index (χ2n) is 5.52. The first-order chi connectivity index (χ1) is 9.65. The number of carbonyl (C=O) groups excluding carboxylic acids is 1. The van der Waals surface area contributed by atoms with E-state index in [1.807, 2.05) is 24.3 Å². The first kappa shape index (κ1) is 13.0. The van der Waals surface area contributed by atoms with Crippen molar-refractivity contribution in [1.29, 1.82) is 0 Å². The predicted octanol–water partition coefficient (Wildman–Crippen LogP) is 1.35. The van der Waals surface area contributed by atoms with E-state index >= 15 is 0 Å². The SMILES string of the molecule is O=C(O)C1CCCN(C(=O)C2Cc3ccccc3N2)C1. The van der Waals surface area contributed by atoms with Crippen LogP contribution in [0.3, 0.4) is 0 Å². The number of amides is 1. The molecule has 2 aliphatic rings. The van der Waals surface area contributed by atoms with Gasteiger partial charge in [-0.3, -0.25) is 9.59 Å². The zero-order chi connectivity index (χ0) is 14.1. The molecular formula is C15H18N2O3. The summed E-state index contributed by atoms with van der Waals surface area (Å²) in [6.07, 6.45) is 2.11. The summed E-state index contributed by atoms with van der Waals surface area (Å²) in [7, 11) is 0. The molecule has 5 nitrogen and oxygen atoms in total. The summed E-state index contributed by atoms with van der Waals surface area (Å²) in [6, 6.07) is 7.65. The lowest BCUT2D eigenvalue weighted by molar-refractivity contribution is -0.145. The number of para-hydroxylation sites is 1. The number of piperidine rings is 1. The Morgan fingerprint density at radius 3 is 2.85 bits per heavy atom. The third-order valence-electron chi connectivity index (χ3n) is 4.15. The van der Waals surface area contributed by atoms with Crippen LogP contribution in [0.2, 0.25) is 0 Å². The summed E-state index contributed by atoms with van der Waals surface area (Å²) in [5, 5.41) is 12.3. The Balaban J connectivity index is 1.67. The monoisotopic (exact) mass is 274 g/mol. The van der Waals surface area contributed by atoms with Gasteiger partial charge < -0.3 is 15.3 Å². The van der Waals surface area contributed by atoms with Crippen molar-refractivity contribution in [1.82, 2.24) is 4.90 Å². The molecule has 5 heteroatoms. The molecule has 106 valence electrons. The van der Waals surface area contributed by atoms with E-state index in [1.165, 1.54) is 0 Å². The highest BCUT2D eigenvalue weighted by atomic mass is 16.4. The lowest BCUT2D eigenvalue weighted by atomic mass is 9.97. The van der Waals surface area contributed by atoms with Crippen molar-refractivity contribution in [2.75, 3.05) is 18.4 Å². The molecule has 2 heterocycles. The third-order valence-corrected chi connectivity index (χ3v) is 4.15. The van der Waals surface area contributed by atoms with Crippen molar-refractivity contribution < 1.29 is 14.7 Å². The first-order valence-corrected chi connectivity index (χ1v) is 7.01. The molecule has 20 heavy (non-hydrogen) atoms. The van der Waals surface area contributed by atoms with Gasteiger partial charge in [0.15, 0.2) is 0 Å². The molecule has 1 saturated heterocycles. The summed E-state index contributed by atoms with van der Waals surface area (Å²) in [4.78, 5) is 25.3. The van der Waals surface area contributed by atoms with Crippen LogP contribution in [-0.4, -0.2) is 41.0 Å². The van der Waals surface area contributed by atoms with E-state index in [4.69, 9.17) is 5.11 Å². The number of carboxylic acid groups (broad SMARTS) is 1. The fourth-order valence-electron chi connectivity index (χ4n) is 3.05. The summed E-state index contributed by atoms with van der Waals surface area (Å²) in [5.41, 5.74) is 2.16. The van der Waals surface area contributed by atoms with E-state index < -0.39 is 11.9 Å². The van der Waals surface area contributed by atoms with Gasteiger partial charge in [-0.05, 0) is 24.5 Å². The average Bonchev–Trinajstić information content (AvgIpc) is 2.90. The highest BCUT2D eigenvalue weighted by Gasteiger charge is 2.34. The minimum absolute atomic E-state index is 0.0205. The first-order valence-electron chi connectivity index (χ1n) is 7.01. The smallest absolute Gasteiger partial charge is 0.308 e. The number of anilines is 1. The highest BCUT2D eigenvalue weighted by molar-refractivity contribution is 5.88. The van der Waals surface area contributed by atoms with Crippen LogP contribution in [0.15, 0.2) is 24.3 Å². The molecule has 3 rings (SSSR count). The Morgan fingerprint density at radius 1 is 1.30 bits per heavy atom. The fraction of sp³-hybridized carbons (Fsp3) is 0.467. The van der Waals surface area contributed by atoms with Gasteiger partial charge in [0.1, 0.15) is 6.04 Å². The van der Waals surface area contributed by atoms with Crippen LogP contribution < -0.4 is 5.32 Å². The van der Waals surface area contributed by atoms with Crippen LogP contribution in [-0.2, 0) is 16.0 Å². The lowest BCUT2D eigenvalue weighted by Crippen LogP contribution is -2.48. The average molecular weight is 274 g/mol. The highest BCUT2D eigenvalue weighted by Crippen LogP contribution is 2.27. The molecule has 2 aliphatic heterocycles. The molecular weight excluding hydrogens is 256 g/mol. The second kappa shape index (κ2) is 5.15. The molecule has 0 radical (unpaired) electrons. The topological polar surface area (TPSA) is 69.6 Å². The summed E-state index contributed by atoms with van der Waals surface area (Å²) >= 11 is 0. The van der Waals surface area contributed by atoms with Crippen molar-refractivity contribution in [3.8, 4) is 0 Å². The Bertz CT molecular complexity index is 519. The van der Waals surface area contributed by atoms with Gasteiger partial charge in [0.05, 0.1) is 5.92 Å². The van der Waals surface area contributed by atoms with Gasteiger partial charge in [-0.1, -0.05) is 18.2 Å². The minimum atomic E-state index is -0.801. The lowest BCUT2D eigenvalue weighted by Gasteiger charge is -2.32. The number of likely N-dealkylation sites (tertiary alicyclic amines) is 1. The van der Waals surface area contributed by atoms with Crippen molar-refractivity contribution in [3.63, 3.8) is 0 Å². The Morgan fingerprint density at radius 2 is 2.10 bits per heavy atom. The fourth-order valence-corrected chi connectivity index (χ4v) is 3.05. The third kappa shape index (κ3) is 2.35. The van der Waals surface area contributed by atoms with Gasteiger partial charge in [-0.25, -0.2) is 0 Å². The number of nitrogens with zero attached hydrogens (tertiary/aromatic N) is 1. The van der Waals surface area contributed by atoms with Gasteiger partial charge in [-0.2, -0.15) is 0 Å². The Labute approximate surface area is 117 Å². The molecule has 0 aromatic heterocycles. The van der Waals surface area contributed by atoms with Gasteiger partial charge in [0, 0.05) is 25.2 Å². The standard InChI is InChI=1S/C15H18N2O3/c18-14(17-7-3-5-11(9-17)15(19)20)13-8-10-4-1-2-6-12(10)16-13/h1-2,4,6,11,13,16H,3,5,7-9H2,(H,19,20). The van der Waals surface area contributed by atoms with Crippen LogP contribution in [0.5, 0.6) is 0 Å². The van der Waals surface area contributed by atoms with Gasteiger partial charge in [0.2, 0.25) is 5.91 Å². The molecule has 1 aromatic carbocycles. The number of carboxylic acids is 1. The van der Waals surface area contributed by atoms with E-state index in [1.54, 1.807) is 4.90 Å². The molecule has 1 aromatic rings. The van der Waals surface area contributed by atoms with Crippen LogP contribution >= 0.6 is 0 Å². The van der Waals surface area contributed by atoms with Crippen molar-refractivity contribution in [2.24, 2.45) is 5.92 Å². The molecule has 0 bridgehead atoms. The number of benzene rings is 1. The summed E-state index contributed by atoms with van der Waals surface area (Å²) < 4.78 is 0. The molecule has 2 N–H and O–H groups in total. The maximum atomic E-state index is 12.5. The Kier molecular flexibility index (Phi) is 3.34. The number of hydrogen-bond donors (Lipinski definition) is 2. The zero-order valence-corrected chi connectivity index (χ0v) is 11.2. The van der Waals surface area contributed by atoms with E-state index in [0.29, 0.717) is 25.9 Å². The van der Waals surface area contributed by atoms with Crippen molar-refractivity contribution in [2.45, 2.75) is 25.3 Å². The Hall–Kier alpha value is -2.04. The summed E-state index contributed by atoms with van der Waals surface area (Å²) in [6.45, 7) is 1.000. The number of nitrogens with one attached hydrogen (secondary N) is 1. The van der Waals surface area contributed by atoms with Gasteiger partial charge >= 0.3 is 5.97 Å². The molecule has 2 atom stereocenters. The van der Waals surface area contributed by atoms with Crippen LogP contribution in [0, 0.1) is 5.92 Å². The quantitative estimate of drug-likeness (QED) is 0.854. The predicted molar refractivity (Wildman–Crippen MR) is 74.5 cm³/mol. The van der Waals surface area contributed by atoms with Crippen molar-refractivity contribution >= 4 is 17.6 Å². The second-order valence-corrected chi connectivity index (χ2v) is 5.52. The molecule has 0 spiro atoms. The summed E-state index contributed by atoms with van der Waals surface area (Å²) in [5.74, 6) is -1.20. The van der Waals surface area contributed by atoms with Crippen molar-refractivity contribution in [3.05, 3.63) is 29.8 Å². The van der Waals surface area contributed by atoms with E-state index in [2.05, 4.69) is 5.32 Å². The van der Waals surface area contributed by atoms with Crippen LogP contribution in [0.4, 0.5) is 5.69 Å². The number of hydrogen-bond acceptors (Lipinski definition) is 3. The number of fused-ring (bicyclic) bond motifs is 1. The maximum Gasteiger partial charge on any atom is 0.308 e. The zero-order valence-electron chi connectivity index (χ0n) is 11.2. The van der Waals surface area contributed by atoms with Crippen LogP contribution in [0.25, 0.3) is 0 Å². The maximum absolute atomic E-state index is 12.5. The van der Waals surface area contributed by atoms with E-state index in [-0.39, 0.29) is 11.9 Å². The molecule has 2 unspecified atom stereocenters. The van der Waals surface area contributed by atoms with Gasteiger partial charge in [0.25, 0.3) is 0 Å². The van der Waals surface area contributed by atoms with Crippen LogP contribution in [0.1, 0.15) is 18.4 Å².